The third-order valence-corrected chi connectivity index (χ3v) is 8.19. The lowest BCUT2D eigenvalue weighted by atomic mass is 9.85. The van der Waals surface area contributed by atoms with Gasteiger partial charge in [-0.1, -0.05) is 139 Å². The van der Waals surface area contributed by atoms with E-state index in [-0.39, 0.29) is 45.6 Å². The average molecular weight is 584 g/mol. The van der Waals surface area contributed by atoms with Crippen molar-refractivity contribution >= 4 is 43.5 Å². The van der Waals surface area contributed by atoms with Gasteiger partial charge in [0.2, 0.25) is 0 Å². The molecule has 9 rings (SSSR count). The number of benzene rings is 8. The molecule has 0 radical (unpaired) electrons. The van der Waals surface area contributed by atoms with E-state index in [1.807, 2.05) is 60.7 Å². The monoisotopic (exact) mass is 583 g/mol. The van der Waals surface area contributed by atoms with Crippen LogP contribution < -0.4 is 0 Å². The fraction of sp³-hybridized carbons (Fsp3) is 0. The molecule has 0 amide bonds. The quantitative estimate of drug-likeness (QED) is 0.188. The SMILES string of the molecule is [2H]c1c([2H])c([2H])c(-c2c([2H])c([2H])c3oc4c([2H])c(-c5cccc(-c6c7ccccc7c(-c7ccccc7)c7ccccc67)c5)c([2H])c([2H])c4c3c2[2H])c([2H])c1[2H]. The van der Waals surface area contributed by atoms with Crippen LogP contribution in [-0.2, 0) is 0 Å². The summed E-state index contributed by atoms with van der Waals surface area (Å²) in [7, 11) is 0. The van der Waals surface area contributed by atoms with Crippen LogP contribution in [0.1, 0.15) is 15.1 Å². The Labute approximate surface area is 277 Å². The van der Waals surface area contributed by atoms with Gasteiger partial charge in [0, 0.05) is 10.8 Å². The predicted molar refractivity (Wildman–Crippen MR) is 190 cm³/mol. The molecule has 0 bridgehead atoms. The number of hydrogen-bond donors (Lipinski definition) is 0. The molecule has 8 aromatic carbocycles. The van der Waals surface area contributed by atoms with Crippen LogP contribution >= 0.6 is 0 Å². The topological polar surface area (TPSA) is 13.1 Å². The molecule has 1 heteroatoms. The van der Waals surface area contributed by atoms with E-state index in [1.165, 1.54) is 0 Å². The molecule has 0 saturated carbocycles. The maximum absolute atomic E-state index is 9.37. The zero-order valence-corrected chi connectivity index (χ0v) is 23.7. The van der Waals surface area contributed by atoms with Crippen LogP contribution in [0.5, 0.6) is 0 Å². The van der Waals surface area contributed by atoms with Gasteiger partial charge < -0.3 is 4.42 Å². The Morgan fingerprint density at radius 2 is 0.933 bits per heavy atom. The van der Waals surface area contributed by atoms with Crippen LogP contribution in [0.2, 0.25) is 0 Å². The summed E-state index contributed by atoms with van der Waals surface area (Å²) in [6.45, 7) is 0. The van der Waals surface area contributed by atoms with Crippen LogP contribution in [0.4, 0.5) is 0 Å². The summed E-state index contributed by atoms with van der Waals surface area (Å²) in [4.78, 5) is 0. The van der Waals surface area contributed by atoms with Gasteiger partial charge in [0.15, 0.2) is 0 Å². The molecule has 1 heterocycles. The molecule has 0 N–H and O–H groups in total. The molecule has 0 fully saturated rings. The van der Waals surface area contributed by atoms with Crippen molar-refractivity contribution in [2.75, 3.05) is 0 Å². The molecule has 210 valence electrons. The molecule has 1 nitrogen and oxygen atoms in total. The lowest BCUT2D eigenvalue weighted by molar-refractivity contribution is 0.669. The molecule has 0 atom stereocenters. The van der Waals surface area contributed by atoms with Crippen molar-refractivity contribution < 1.29 is 19.5 Å². The van der Waals surface area contributed by atoms with Gasteiger partial charge in [-0.25, -0.2) is 0 Å². The molecule has 0 aliphatic rings. The van der Waals surface area contributed by atoms with Crippen molar-refractivity contribution in [1.29, 1.82) is 0 Å². The molecule has 0 spiro atoms. The van der Waals surface area contributed by atoms with Crippen LogP contribution in [0.25, 0.3) is 88.0 Å². The molecular weight excluding hydrogens is 544 g/mol. The van der Waals surface area contributed by atoms with E-state index < -0.39 is 59.5 Å². The summed E-state index contributed by atoms with van der Waals surface area (Å²) >= 11 is 0. The Kier molecular flexibility index (Phi) is 3.87. The van der Waals surface area contributed by atoms with Gasteiger partial charge in [0.1, 0.15) is 11.2 Å². The highest BCUT2D eigenvalue weighted by Crippen LogP contribution is 2.44. The van der Waals surface area contributed by atoms with Crippen LogP contribution in [0.3, 0.4) is 0 Å². The van der Waals surface area contributed by atoms with Crippen LogP contribution in [-0.4, -0.2) is 0 Å². The molecular formula is C44H28O. The van der Waals surface area contributed by atoms with Gasteiger partial charge in [0.05, 0.1) is 15.1 Å². The summed E-state index contributed by atoms with van der Waals surface area (Å²) in [6, 6.07) is 28.3. The normalized spacial score (nSPS) is 15.0. The number of hydrogen-bond acceptors (Lipinski definition) is 1. The first-order chi connectivity index (χ1) is 26.9. The molecule has 9 aromatic rings. The van der Waals surface area contributed by atoms with Crippen molar-refractivity contribution in [3.05, 3.63) is 170 Å². The van der Waals surface area contributed by atoms with Gasteiger partial charge in [-0.3, -0.25) is 0 Å². The minimum absolute atomic E-state index is 0.101. The van der Waals surface area contributed by atoms with Crippen molar-refractivity contribution in [2.45, 2.75) is 0 Å². The van der Waals surface area contributed by atoms with E-state index in [9.17, 15) is 5.48 Å². The smallest absolute Gasteiger partial charge is 0.136 e. The minimum Gasteiger partial charge on any atom is -0.456 e. The van der Waals surface area contributed by atoms with Crippen molar-refractivity contribution in [2.24, 2.45) is 0 Å². The third-order valence-electron chi connectivity index (χ3n) is 8.19. The second-order valence-corrected chi connectivity index (χ2v) is 10.8. The van der Waals surface area contributed by atoms with Crippen LogP contribution in [0, 0.1) is 0 Å². The van der Waals surface area contributed by atoms with Crippen molar-refractivity contribution in [1.82, 2.24) is 0 Å². The summed E-state index contributed by atoms with van der Waals surface area (Å²) in [5.74, 6) is 0. The minimum atomic E-state index is -0.661. The van der Waals surface area contributed by atoms with Gasteiger partial charge >= 0.3 is 0 Å². The fourth-order valence-corrected chi connectivity index (χ4v) is 6.22. The number of fused-ring (bicyclic) bond motifs is 5. The summed E-state index contributed by atoms with van der Waals surface area (Å²) in [5, 5.41) is 3.90. The standard InChI is InChI=1S/C44H28O/c1-3-12-29(13-4-1)32-23-25-41-40(27-32)35-24-22-33(28-42(35)45-41)31-16-11-17-34(26-31)44-38-20-9-7-18-36(38)43(30-14-5-2-6-15-30)37-19-8-10-21-39(37)44/h1-28H/i1D,3D,4D,12D,13D,22D,23D,24D,25D,27D,28D. The maximum Gasteiger partial charge on any atom is 0.136 e. The van der Waals surface area contributed by atoms with E-state index in [0.29, 0.717) is 5.56 Å². The summed E-state index contributed by atoms with van der Waals surface area (Å²) in [6.07, 6.45) is 0. The molecule has 45 heavy (non-hydrogen) atoms. The number of rotatable bonds is 4. The number of furan rings is 1. The highest BCUT2D eigenvalue weighted by Gasteiger charge is 2.17. The average Bonchev–Trinajstić information content (AvgIpc) is 3.63. The van der Waals surface area contributed by atoms with Crippen molar-refractivity contribution in [3.63, 3.8) is 0 Å². The van der Waals surface area contributed by atoms with E-state index >= 15 is 0 Å². The molecule has 0 saturated heterocycles. The molecule has 0 unspecified atom stereocenters. The van der Waals surface area contributed by atoms with E-state index in [4.69, 9.17) is 14.0 Å². The lowest BCUT2D eigenvalue weighted by Gasteiger charge is -2.18. The lowest BCUT2D eigenvalue weighted by Crippen LogP contribution is -1.91. The summed E-state index contributed by atoms with van der Waals surface area (Å²) < 4.78 is 102. The van der Waals surface area contributed by atoms with Gasteiger partial charge in [-0.05, 0) is 96.3 Å². The largest absolute Gasteiger partial charge is 0.456 e. The molecule has 1 aromatic heterocycles. The predicted octanol–water partition coefficient (Wildman–Crippen LogP) is 12.6. The Hall–Kier alpha value is -5.92. The Bertz CT molecular complexity index is 3070. The third kappa shape index (κ3) is 4.24. The molecule has 0 aliphatic heterocycles. The zero-order valence-electron chi connectivity index (χ0n) is 34.7. The highest BCUT2D eigenvalue weighted by atomic mass is 16.3. The highest BCUT2D eigenvalue weighted by molar-refractivity contribution is 6.21. The maximum atomic E-state index is 9.37. The summed E-state index contributed by atoms with van der Waals surface area (Å²) in [5.41, 5.74) is 3.32. The Morgan fingerprint density at radius 3 is 1.64 bits per heavy atom. The first kappa shape index (κ1) is 16.8. The Balaban J connectivity index is 1.30. The Morgan fingerprint density at radius 1 is 0.356 bits per heavy atom. The van der Waals surface area contributed by atoms with Gasteiger partial charge in [0.25, 0.3) is 0 Å². The first-order valence-corrected chi connectivity index (χ1v) is 14.5. The van der Waals surface area contributed by atoms with E-state index in [1.54, 1.807) is 6.07 Å². The van der Waals surface area contributed by atoms with Gasteiger partial charge in [-0.15, -0.1) is 0 Å². The van der Waals surface area contributed by atoms with Crippen molar-refractivity contribution in [3.8, 4) is 44.5 Å². The second-order valence-electron chi connectivity index (χ2n) is 10.8. The van der Waals surface area contributed by atoms with Crippen LogP contribution in [0.15, 0.2) is 174 Å². The zero-order chi connectivity index (χ0) is 39.3. The fourth-order valence-electron chi connectivity index (χ4n) is 6.22. The molecule has 0 aliphatic carbocycles. The van der Waals surface area contributed by atoms with Gasteiger partial charge in [-0.2, -0.15) is 0 Å². The second kappa shape index (κ2) is 10.4. The van der Waals surface area contributed by atoms with E-state index in [2.05, 4.69) is 36.4 Å². The van der Waals surface area contributed by atoms with E-state index in [0.717, 1.165) is 43.8 Å². The first-order valence-electron chi connectivity index (χ1n) is 20.0.